The zero-order valence-corrected chi connectivity index (χ0v) is 19.4. The van der Waals surface area contributed by atoms with Crippen molar-refractivity contribution in [2.75, 3.05) is 5.32 Å². The summed E-state index contributed by atoms with van der Waals surface area (Å²) in [7, 11) is 0. The van der Waals surface area contributed by atoms with Crippen molar-refractivity contribution in [3.05, 3.63) is 94.0 Å². The van der Waals surface area contributed by atoms with Crippen molar-refractivity contribution < 1.29 is 4.79 Å². The molecule has 0 atom stereocenters. The van der Waals surface area contributed by atoms with Gasteiger partial charge in [0, 0.05) is 21.1 Å². The summed E-state index contributed by atoms with van der Waals surface area (Å²) in [5.41, 5.74) is 6.42. The number of carbonyl (C=O) groups is 1. The van der Waals surface area contributed by atoms with E-state index >= 15 is 0 Å². The van der Waals surface area contributed by atoms with Gasteiger partial charge in [0.05, 0.1) is 16.8 Å². The fourth-order valence-corrected chi connectivity index (χ4v) is 4.04. The standard InChI is InChI=1S/C27H25BrN2O/c1-3-4-7-19-9-11-20(12-10-19)26-17-24(23-16-21(28)13-14-25(23)30-26)27(31)29-22-8-5-6-18(2)15-22/h5-6,8-17H,3-4,7H2,1-2H3,(H,29,31). The quantitative estimate of drug-likeness (QED) is 0.314. The summed E-state index contributed by atoms with van der Waals surface area (Å²) < 4.78 is 0.916. The molecule has 31 heavy (non-hydrogen) atoms. The van der Waals surface area contributed by atoms with Crippen molar-refractivity contribution in [1.82, 2.24) is 4.98 Å². The first-order valence-corrected chi connectivity index (χ1v) is 11.4. The third-order valence-corrected chi connectivity index (χ3v) is 5.85. The van der Waals surface area contributed by atoms with E-state index in [2.05, 4.69) is 52.4 Å². The van der Waals surface area contributed by atoms with Gasteiger partial charge in [0.25, 0.3) is 5.91 Å². The maximum atomic E-state index is 13.3. The lowest BCUT2D eigenvalue weighted by molar-refractivity contribution is 0.102. The fraction of sp³-hybridized carbons (Fsp3) is 0.185. The molecule has 1 aromatic heterocycles. The lowest BCUT2D eigenvalue weighted by atomic mass is 10.0. The van der Waals surface area contributed by atoms with E-state index in [0.29, 0.717) is 5.56 Å². The topological polar surface area (TPSA) is 42.0 Å². The van der Waals surface area contributed by atoms with E-state index in [1.54, 1.807) is 0 Å². The van der Waals surface area contributed by atoms with Crippen molar-refractivity contribution in [2.24, 2.45) is 0 Å². The van der Waals surface area contributed by atoms with Gasteiger partial charge >= 0.3 is 0 Å². The average molecular weight is 473 g/mol. The predicted molar refractivity (Wildman–Crippen MR) is 133 cm³/mol. The number of amides is 1. The minimum Gasteiger partial charge on any atom is -0.322 e. The van der Waals surface area contributed by atoms with Gasteiger partial charge in [0.2, 0.25) is 0 Å². The average Bonchev–Trinajstić information content (AvgIpc) is 2.77. The summed E-state index contributed by atoms with van der Waals surface area (Å²) in [6.07, 6.45) is 3.45. The first-order valence-electron chi connectivity index (χ1n) is 10.6. The highest BCUT2D eigenvalue weighted by molar-refractivity contribution is 9.10. The van der Waals surface area contributed by atoms with Crippen LogP contribution in [-0.4, -0.2) is 10.9 Å². The van der Waals surface area contributed by atoms with Crippen LogP contribution in [0.2, 0.25) is 0 Å². The number of rotatable bonds is 6. The summed E-state index contributed by atoms with van der Waals surface area (Å²) in [6.45, 7) is 4.21. The molecule has 156 valence electrons. The number of unbranched alkanes of at least 4 members (excludes halogenated alkanes) is 1. The summed E-state index contributed by atoms with van der Waals surface area (Å²) in [5, 5.41) is 3.86. The number of aryl methyl sites for hydroxylation is 2. The lowest BCUT2D eigenvalue weighted by Gasteiger charge is -2.12. The van der Waals surface area contributed by atoms with Crippen LogP contribution in [0.5, 0.6) is 0 Å². The summed E-state index contributed by atoms with van der Waals surface area (Å²) in [5.74, 6) is -0.142. The van der Waals surface area contributed by atoms with Gasteiger partial charge in [-0.1, -0.05) is 65.7 Å². The summed E-state index contributed by atoms with van der Waals surface area (Å²) in [6, 6.07) is 24.1. The normalized spacial score (nSPS) is 10.9. The van der Waals surface area contributed by atoms with Crippen molar-refractivity contribution in [3.63, 3.8) is 0 Å². The van der Waals surface area contributed by atoms with Crippen molar-refractivity contribution in [1.29, 1.82) is 0 Å². The smallest absolute Gasteiger partial charge is 0.256 e. The second-order valence-electron chi connectivity index (χ2n) is 7.84. The Kier molecular flexibility index (Phi) is 6.47. The number of carbonyl (C=O) groups excluding carboxylic acids is 1. The SMILES string of the molecule is CCCCc1ccc(-c2cc(C(=O)Nc3cccc(C)c3)c3cc(Br)ccc3n2)cc1. The third-order valence-electron chi connectivity index (χ3n) is 5.36. The van der Waals surface area contributed by atoms with Crippen LogP contribution in [0.1, 0.15) is 41.3 Å². The molecule has 0 radical (unpaired) electrons. The molecule has 1 amide bonds. The zero-order valence-electron chi connectivity index (χ0n) is 17.8. The molecular formula is C27H25BrN2O. The first-order chi connectivity index (χ1) is 15.0. The van der Waals surface area contributed by atoms with E-state index in [1.807, 2.05) is 55.5 Å². The summed E-state index contributed by atoms with van der Waals surface area (Å²) >= 11 is 3.52. The Morgan fingerprint density at radius 2 is 1.81 bits per heavy atom. The first kappa shape index (κ1) is 21.3. The zero-order chi connectivity index (χ0) is 21.8. The van der Waals surface area contributed by atoms with E-state index in [1.165, 1.54) is 18.4 Å². The van der Waals surface area contributed by atoms with Crippen LogP contribution in [0.25, 0.3) is 22.2 Å². The number of fused-ring (bicyclic) bond motifs is 1. The van der Waals surface area contributed by atoms with Crippen LogP contribution in [0.4, 0.5) is 5.69 Å². The van der Waals surface area contributed by atoms with Crippen molar-refractivity contribution in [2.45, 2.75) is 33.1 Å². The van der Waals surface area contributed by atoms with Crippen LogP contribution < -0.4 is 5.32 Å². The van der Waals surface area contributed by atoms with Crippen LogP contribution >= 0.6 is 15.9 Å². The van der Waals surface area contributed by atoms with Crippen LogP contribution in [0.3, 0.4) is 0 Å². The fourth-order valence-electron chi connectivity index (χ4n) is 3.68. The number of pyridine rings is 1. The predicted octanol–water partition coefficient (Wildman–Crippen LogP) is 7.57. The highest BCUT2D eigenvalue weighted by Gasteiger charge is 2.15. The van der Waals surface area contributed by atoms with Gasteiger partial charge < -0.3 is 5.32 Å². The number of hydrogen-bond acceptors (Lipinski definition) is 2. The molecule has 1 heterocycles. The molecule has 1 N–H and O–H groups in total. The van der Waals surface area contributed by atoms with Gasteiger partial charge in [-0.25, -0.2) is 4.98 Å². The Bertz CT molecular complexity index is 1230. The number of anilines is 1. The Morgan fingerprint density at radius 3 is 2.55 bits per heavy atom. The number of benzene rings is 3. The molecule has 3 aromatic carbocycles. The number of halogens is 1. The molecule has 0 saturated heterocycles. The molecular weight excluding hydrogens is 448 g/mol. The van der Waals surface area contributed by atoms with Gasteiger partial charge in [0.15, 0.2) is 0 Å². The monoisotopic (exact) mass is 472 g/mol. The van der Waals surface area contributed by atoms with Gasteiger partial charge in [-0.05, 0) is 67.3 Å². The van der Waals surface area contributed by atoms with E-state index in [0.717, 1.165) is 44.3 Å². The molecule has 0 aliphatic carbocycles. The number of aromatic nitrogens is 1. The van der Waals surface area contributed by atoms with E-state index < -0.39 is 0 Å². The maximum Gasteiger partial charge on any atom is 0.256 e. The number of nitrogens with zero attached hydrogens (tertiary/aromatic N) is 1. The van der Waals surface area contributed by atoms with Crippen LogP contribution in [-0.2, 0) is 6.42 Å². The molecule has 0 bridgehead atoms. The molecule has 0 unspecified atom stereocenters. The molecule has 0 aliphatic heterocycles. The minimum atomic E-state index is -0.142. The van der Waals surface area contributed by atoms with Gasteiger partial charge in [-0.15, -0.1) is 0 Å². The van der Waals surface area contributed by atoms with Crippen LogP contribution in [0.15, 0.2) is 77.3 Å². The number of hydrogen-bond donors (Lipinski definition) is 1. The van der Waals surface area contributed by atoms with Crippen molar-refractivity contribution in [3.8, 4) is 11.3 Å². The van der Waals surface area contributed by atoms with Crippen molar-refractivity contribution >= 4 is 38.4 Å². The molecule has 4 aromatic rings. The molecule has 3 nitrogen and oxygen atoms in total. The Hall–Kier alpha value is -2.98. The Labute approximate surface area is 191 Å². The number of nitrogens with one attached hydrogen (secondary N) is 1. The Morgan fingerprint density at radius 1 is 1.00 bits per heavy atom. The van der Waals surface area contributed by atoms with E-state index in [4.69, 9.17) is 4.98 Å². The highest BCUT2D eigenvalue weighted by Crippen LogP contribution is 2.28. The molecule has 4 rings (SSSR count). The molecule has 0 aliphatic rings. The molecule has 0 fully saturated rings. The molecule has 0 spiro atoms. The largest absolute Gasteiger partial charge is 0.322 e. The highest BCUT2D eigenvalue weighted by atomic mass is 79.9. The van der Waals surface area contributed by atoms with Gasteiger partial charge in [-0.3, -0.25) is 4.79 Å². The summed E-state index contributed by atoms with van der Waals surface area (Å²) in [4.78, 5) is 18.1. The minimum absolute atomic E-state index is 0.142. The maximum absolute atomic E-state index is 13.3. The molecule has 4 heteroatoms. The second kappa shape index (κ2) is 9.44. The molecule has 0 saturated carbocycles. The van der Waals surface area contributed by atoms with Crippen LogP contribution in [0, 0.1) is 6.92 Å². The van der Waals surface area contributed by atoms with Gasteiger partial charge in [-0.2, -0.15) is 0 Å². The van der Waals surface area contributed by atoms with Gasteiger partial charge in [0.1, 0.15) is 0 Å². The third kappa shape index (κ3) is 5.02. The van der Waals surface area contributed by atoms with E-state index in [9.17, 15) is 4.79 Å². The second-order valence-corrected chi connectivity index (χ2v) is 8.76. The Balaban J connectivity index is 1.74. The lowest BCUT2D eigenvalue weighted by Crippen LogP contribution is -2.13. The van der Waals surface area contributed by atoms with E-state index in [-0.39, 0.29) is 5.91 Å².